The lowest BCUT2D eigenvalue weighted by molar-refractivity contribution is -0.131. The summed E-state index contributed by atoms with van der Waals surface area (Å²) in [4.78, 5) is 36.4. The third-order valence-corrected chi connectivity index (χ3v) is 7.47. The third kappa shape index (κ3) is 4.62. The van der Waals surface area contributed by atoms with E-state index in [4.69, 9.17) is 4.74 Å². The predicted molar refractivity (Wildman–Crippen MR) is 143 cm³/mol. The molecule has 2 aromatic heterocycles. The third-order valence-electron chi connectivity index (χ3n) is 7.47. The molecular weight excluding hydrogens is 464 g/mol. The normalized spacial score (nSPS) is 13.9. The average Bonchev–Trinajstić information content (AvgIpc) is 3.21. The topological polar surface area (TPSA) is 87.3 Å². The Bertz CT molecular complexity index is 1480. The number of fused-ring (bicyclic) bond motifs is 2. The monoisotopic (exact) mass is 496 g/mol. The van der Waals surface area contributed by atoms with Gasteiger partial charge in [0, 0.05) is 49.7 Å². The van der Waals surface area contributed by atoms with Crippen LogP contribution in [0.2, 0.25) is 0 Å². The Hall–Kier alpha value is -3.97. The summed E-state index contributed by atoms with van der Waals surface area (Å²) >= 11 is 0. The van der Waals surface area contributed by atoms with Crippen LogP contribution in [0.15, 0.2) is 54.7 Å². The maximum atomic E-state index is 13.6. The molecular formula is C30H32N4O3. The number of aromatic nitrogens is 2. The van der Waals surface area contributed by atoms with Crippen LogP contribution in [0.25, 0.3) is 10.9 Å². The molecule has 7 nitrogen and oxygen atoms in total. The molecule has 0 saturated heterocycles. The standard InChI is InChI=1S/C30H32N4O3/c1-18-19(2)33-27-23(18)11-8-12-25(27)30(36)34-14-13-24-22(17-34)15-31-20(3)26(24)16-32-29(35)28(37-4)21-9-6-5-7-10-21/h5-12,15,28,33H,13-14,16-17H2,1-4H3,(H,32,35). The van der Waals surface area contributed by atoms with Crippen molar-refractivity contribution in [1.29, 1.82) is 0 Å². The fourth-order valence-electron chi connectivity index (χ4n) is 5.25. The molecule has 0 fully saturated rings. The van der Waals surface area contributed by atoms with Crippen LogP contribution in [0.5, 0.6) is 0 Å². The van der Waals surface area contributed by atoms with Gasteiger partial charge in [-0.1, -0.05) is 42.5 Å². The van der Waals surface area contributed by atoms with Crippen LogP contribution >= 0.6 is 0 Å². The highest BCUT2D eigenvalue weighted by atomic mass is 16.5. The van der Waals surface area contributed by atoms with Crippen molar-refractivity contribution in [2.45, 2.75) is 46.4 Å². The van der Waals surface area contributed by atoms with E-state index in [2.05, 4.69) is 28.3 Å². The summed E-state index contributed by atoms with van der Waals surface area (Å²) in [6.07, 6.45) is 1.90. The highest BCUT2D eigenvalue weighted by Crippen LogP contribution is 2.29. The van der Waals surface area contributed by atoms with E-state index in [0.717, 1.165) is 44.5 Å². The van der Waals surface area contributed by atoms with Crippen molar-refractivity contribution in [1.82, 2.24) is 20.2 Å². The van der Waals surface area contributed by atoms with E-state index in [1.165, 1.54) is 12.7 Å². The van der Waals surface area contributed by atoms with Gasteiger partial charge < -0.3 is 19.9 Å². The number of aromatic amines is 1. The lowest BCUT2D eigenvalue weighted by Crippen LogP contribution is -2.37. The Morgan fingerprint density at radius 3 is 2.65 bits per heavy atom. The molecule has 37 heavy (non-hydrogen) atoms. The van der Waals surface area contributed by atoms with Crippen LogP contribution in [-0.4, -0.2) is 40.3 Å². The van der Waals surface area contributed by atoms with Crippen molar-refractivity contribution in [2.75, 3.05) is 13.7 Å². The van der Waals surface area contributed by atoms with Gasteiger partial charge in [-0.05, 0) is 61.1 Å². The fraction of sp³-hybridized carbons (Fsp3) is 0.300. The second-order valence-corrected chi connectivity index (χ2v) is 9.65. The van der Waals surface area contributed by atoms with Gasteiger partial charge in [-0.25, -0.2) is 0 Å². The number of para-hydroxylation sites is 1. The van der Waals surface area contributed by atoms with Crippen molar-refractivity contribution < 1.29 is 14.3 Å². The Labute approximate surface area is 216 Å². The number of methoxy groups -OCH3 is 1. The fourth-order valence-corrected chi connectivity index (χ4v) is 5.25. The molecule has 1 aliphatic rings. The first kappa shape index (κ1) is 24.7. The van der Waals surface area contributed by atoms with Crippen molar-refractivity contribution in [3.05, 3.63) is 99.5 Å². The summed E-state index contributed by atoms with van der Waals surface area (Å²) in [6.45, 7) is 7.52. The molecule has 190 valence electrons. The van der Waals surface area contributed by atoms with Gasteiger partial charge in [0.1, 0.15) is 0 Å². The molecule has 1 aliphatic heterocycles. The maximum Gasteiger partial charge on any atom is 0.256 e. The summed E-state index contributed by atoms with van der Waals surface area (Å²) in [5.41, 5.74) is 8.72. The smallest absolute Gasteiger partial charge is 0.256 e. The zero-order chi connectivity index (χ0) is 26.1. The summed E-state index contributed by atoms with van der Waals surface area (Å²) in [6, 6.07) is 15.3. The Kier molecular flexibility index (Phi) is 6.80. The van der Waals surface area contributed by atoms with E-state index in [1.807, 2.05) is 67.4 Å². The number of hydrogen-bond acceptors (Lipinski definition) is 4. The lowest BCUT2D eigenvalue weighted by Gasteiger charge is -2.31. The van der Waals surface area contributed by atoms with Crippen molar-refractivity contribution in [3.8, 4) is 0 Å². The molecule has 0 bridgehead atoms. The van der Waals surface area contributed by atoms with Crippen LogP contribution in [0, 0.1) is 20.8 Å². The zero-order valence-corrected chi connectivity index (χ0v) is 21.7. The molecule has 0 saturated carbocycles. The number of carbonyl (C=O) groups is 2. The quantitative estimate of drug-likeness (QED) is 0.405. The van der Waals surface area contributed by atoms with E-state index in [1.54, 1.807) is 0 Å². The molecule has 0 spiro atoms. The number of nitrogens with zero attached hydrogens (tertiary/aromatic N) is 2. The SMILES string of the molecule is COC(C(=O)NCc1c(C)ncc2c1CCN(C(=O)c1cccc3c(C)c(C)[nH]c13)C2)c1ccccc1. The number of nitrogens with one attached hydrogen (secondary N) is 2. The number of benzene rings is 2. The Morgan fingerprint density at radius 1 is 1.11 bits per heavy atom. The van der Waals surface area contributed by atoms with E-state index < -0.39 is 6.10 Å². The number of H-pyrrole nitrogens is 1. The highest BCUT2D eigenvalue weighted by Gasteiger charge is 2.27. The minimum Gasteiger partial charge on any atom is -0.367 e. The van der Waals surface area contributed by atoms with Gasteiger partial charge in [0.25, 0.3) is 11.8 Å². The van der Waals surface area contributed by atoms with Gasteiger partial charge in [-0.2, -0.15) is 0 Å². The van der Waals surface area contributed by atoms with Crippen molar-refractivity contribution in [2.24, 2.45) is 0 Å². The second kappa shape index (κ2) is 10.2. The number of pyridine rings is 1. The number of aryl methyl sites for hydroxylation is 3. The van der Waals surface area contributed by atoms with Gasteiger partial charge >= 0.3 is 0 Å². The van der Waals surface area contributed by atoms with Gasteiger partial charge in [-0.15, -0.1) is 0 Å². The minimum absolute atomic E-state index is 0.0127. The molecule has 2 amide bonds. The van der Waals surface area contributed by atoms with Crippen LogP contribution in [0.3, 0.4) is 0 Å². The van der Waals surface area contributed by atoms with Crippen LogP contribution in [-0.2, 0) is 29.0 Å². The van der Waals surface area contributed by atoms with E-state index in [9.17, 15) is 9.59 Å². The number of carbonyl (C=O) groups excluding carboxylic acids is 2. The maximum absolute atomic E-state index is 13.6. The van der Waals surface area contributed by atoms with Gasteiger partial charge in [-0.3, -0.25) is 14.6 Å². The Morgan fingerprint density at radius 2 is 1.89 bits per heavy atom. The van der Waals surface area contributed by atoms with Crippen LogP contribution in [0.1, 0.15) is 55.7 Å². The highest BCUT2D eigenvalue weighted by molar-refractivity contribution is 6.06. The van der Waals surface area contributed by atoms with E-state index in [0.29, 0.717) is 31.6 Å². The molecule has 7 heteroatoms. The van der Waals surface area contributed by atoms with Crippen molar-refractivity contribution in [3.63, 3.8) is 0 Å². The molecule has 2 N–H and O–H groups in total. The molecule has 5 rings (SSSR count). The summed E-state index contributed by atoms with van der Waals surface area (Å²) in [5, 5.41) is 4.12. The summed E-state index contributed by atoms with van der Waals surface area (Å²) in [7, 11) is 1.54. The van der Waals surface area contributed by atoms with Crippen LogP contribution in [0.4, 0.5) is 0 Å². The first-order chi connectivity index (χ1) is 17.9. The van der Waals surface area contributed by atoms with Crippen molar-refractivity contribution >= 4 is 22.7 Å². The molecule has 1 unspecified atom stereocenters. The molecule has 3 heterocycles. The van der Waals surface area contributed by atoms with Crippen LogP contribution < -0.4 is 5.32 Å². The molecule has 0 radical (unpaired) electrons. The minimum atomic E-state index is -0.676. The van der Waals surface area contributed by atoms with Gasteiger partial charge in [0.15, 0.2) is 6.10 Å². The second-order valence-electron chi connectivity index (χ2n) is 9.65. The van der Waals surface area contributed by atoms with Gasteiger partial charge in [0.05, 0.1) is 11.1 Å². The molecule has 0 aliphatic carbocycles. The predicted octanol–water partition coefficient (Wildman–Crippen LogP) is 4.69. The van der Waals surface area contributed by atoms with E-state index >= 15 is 0 Å². The number of amides is 2. The first-order valence-electron chi connectivity index (χ1n) is 12.6. The first-order valence-corrected chi connectivity index (χ1v) is 12.6. The lowest BCUT2D eigenvalue weighted by atomic mass is 9.94. The average molecular weight is 497 g/mol. The molecule has 1 atom stereocenters. The largest absolute Gasteiger partial charge is 0.367 e. The molecule has 2 aromatic carbocycles. The molecule has 4 aromatic rings. The number of ether oxygens (including phenoxy) is 1. The Balaban J connectivity index is 1.34. The zero-order valence-electron chi connectivity index (χ0n) is 21.7. The number of rotatable bonds is 6. The summed E-state index contributed by atoms with van der Waals surface area (Å²) < 4.78 is 5.48. The number of hydrogen-bond donors (Lipinski definition) is 2. The summed E-state index contributed by atoms with van der Waals surface area (Å²) in [5.74, 6) is -0.179. The van der Waals surface area contributed by atoms with Gasteiger partial charge in [0.2, 0.25) is 0 Å². The van der Waals surface area contributed by atoms with E-state index in [-0.39, 0.29) is 11.8 Å².